The van der Waals surface area contributed by atoms with Crippen molar-refractivity contribution < 1.29 is 21.6 Å². The number of nitrogens with one attached hydrogen (secondary N) is 1. The zero-order chi connectivity index (χ0) is 12.3. The monoisotopic (exact) mass is 317 g/mol. The summed E-state index contributed by atoms with van der Waals surface area (Å²) in [4.78, 5) is -0.283. The van der Waals surface area contributed by atoms with Crippen LogP contribution in [0.2, 0.25) is 0 Å². The number of hydrogen-bond donors (Lipinski definition) is 1. The van der Waals surface area contributed by atoms with Gasteiger partial charge in [0.05, 0.1) is 11.4 Å². The van der Waals surface area contributed by atoms with Crippen LogP contribution in [0.15, 0.2) is 27.6 Å². The molecular formula is C8H7BrF3NO2S. The van der Waals surface area contributed by atoms with Crippen molar-refractivity contribution in [2.45, 2.75) is 11.3 Å². The van der Waals surface area contributed by atoms with E-state index in [1.165, 1.54) is 0 Å². The minimum absolute atomic E-state index is 0.0192. The van der Waals surface area contributed by atoms with Gasteiger partial charge in [-0.05, 0) is 34.1 Å². The molecule has 0 aliphatic carbocycles. The average Bonchev–Trinajstić information content (AvgIpc) is 2.14. The second kappa shape index (κ2) is 5.15. The molecule has 0 saturated carbocycles. The summed E-state index contributed by atoms with van der Waals surface area (Å²) in [6, 6.07) is 2.87. The molecule has 0 bridgehead atoms. The maximum atomic E-state index is 12.7. The van der Waals surface area contributed by atoms with E-state index >= 15 is 0 Å². The number of rotatable bonds is 4. The highest BCUT2D eigenvalue weighted by Crippen LogP contribution is 2.22. The summed E-state index contributed by atoms with van der Waals surface area (Å²) < 4.78 is 61.0. The highest BCUT2D eigenvalue weighted by molar-refractivity contribution is 9.10. The van der Waals surface area contributed by atoms with E-state index in [0.29, 0.717) is 0 Å². The van der Waals surface area contributed by atoms with E-state index in [1.54, 1.807) is 4.72 Å². The predicted octanol–water partition coefficient (Wildman–Crippen LogP) is 2.13. The maximum absolute atomic E-state index is 12.7. The Kier molecular flexibility index (Phi) is 4.34. The molecule has 0 aliphatic rings. The molecule has 0 aromatic heterocycles. The first-order valence-corrected chi connectivity index (χ1v) is 6.33. The molecule has 1 aromatic rings. The molecular weight excluding hydrogens is 311 g/mol. The lowest BCUT2D eigenvalue weighted by atomic mass is 10.3. The van der Waals surface area contributed by atoms with E-state index in [1.807, 2.05) is 0 Å². The van der Waals surface area contributed by atoms with Gasteiger partial charge in [-0.3, -0.25) is 0 Å². The summed E-state index contributed by atoms with van der Waals surface area (Å²) in [6.07, 6.45) is -2.78. The molecule has 90 valence electrons. The van der Waals surface area contributed by atoms with E-state index in [-0.39, 0.29) is 9.37 Å². The van der Waals surface area contributed by atoms with Crippen LogP contribution >= 0.6 is 15.9 Å². The van der Waals surface area contributed by atoms with Crippen LogP contribution < -0.4 is 4.72 Å². The van der Waals surface area contributed by atoms with Gasteiger partial charge in [-0.1, -0.05) is 0 Å². The lowest BCUT2D eigenvalue weighted by Gasteiger charge is -2.07. The van der Waals surface area contributed by atoms with E-state index < -0.39 is 28.8 Å². The topological polar surface area (TPSA) is 46.2 Å². The van der Waals surface area contributed by atoms with Gasteiger partial charge in [-0.2, -0.15) is 0 Å². The minimum atomic E-state index is -4.05. The largest absolute Gasteiger partial charge is 0.251 e. The first-order valence-electron chi connectivity index (χ1n) is 4.06. The molecule has 1 rings (SSSR count). The van der Waals surface area contributed by atoms with Crippen LogP contribution in [-0.4, -0.2) is 21.4 Å². The summed E-state index contributed by atoms with van der Waals surface area (Å²) in [5.74, 6) is -0.625. The minimum Gasteiger partial charge on any atom is -0.209 e. The second-order valence-electron chi connectivity index (χ2n) is 2.82. The zero-order valence-corrected chi connectivity index (χ0v) is 10.2. The third-order valence-electron chi connectivity index (χ3n) is 1.61. The van der Waals surface area contributed by atoms with Crippen molar-refractivity contribution in [1.82, 2.24) is 4.72 Å². The normalized spacial score (nSPS) is 12.1. The Labute approximate surface area is 98.8 Å². The van der Waals surface area contributed by atoms with Crippen molar-refractivity contribution in [1.29, 1.82) is 0 Å². The van der Waals surface area contributed by atoms with Crippen LogP contribution in [0.1, 0.15) is 0 Å². The zero-order valence-electron chi connectivity index (χ0n) is 7.75. The molecule has 1 N–H and O–H groups in total. The van der Waals surface area contributed by atoms with Gasteiger partial charge >= 0.3 is 0 Å². The van der Waals surface area contributed by atoms with Gasteiger partial charge < -0.3 is 0 Å². The van der Waals surface area contributed by atoms with Gasteiger partial charge in [-0.15, -0.1) is 0 Å². The Morgan fingerprint density at radius 2 is 2.00 bits per heavy atom. The Morgan fingerprint density at radius 3 is 2.50 bits per heavy atom. The molecule has 0 aliphatic heterocycles. The molecule has 0 amide bonds. The highest BCUT2D eigenvalue weighted by Gasteiger charge is 2.19. The van der Waals surface area contributed by atoms with Gasteiger partial charge in [0.25, 0.3) is 6.43 Å². The van der Waals surface area contributed by atoms with Gasteiger partial charge in [0, 0.05) is 4.47 Å². The Bertz CT molecular complexity index is 478. The molecule has 8 heteroatoms. The Hall–Kier alpha value is -0.600. The van der Waals surface area contributed by atoms with Crippen LogP contribution in [0.5, 0.6) is 0 Å². The Balaban J connectivity index is 2.99. The van der Waals surface area contributed by atoms with Crippen molar-refractivity contribution in [3.8, 4) is 0 Å². The van der Waals surface area contributed by atoms with E-state index in [9.17, 15) is 21.6 Å². The second-order valence-corrected chi connectivity index (χ2v) is 5.41. The summed E-state index contributed by atoms with van der Waals surface area (Å²) in [5.41, 5.74) is 0. The van der Waals surface area contributed by atoms with Crippen molar-refractivity contribution in [2.24, 2.45) is 0 Å². The quantitative estimate of drug-likeness (QED) is 0.924. The summed E-state index contributed by atoms with van der Waals surface area (Å²) in [7, 11) is -4.05. The molecule has 3 nitrogen and oxygen atoms in total. The van der Waals surface area contributed by atoms with Crippen LogP contribution in [0.4, 0.5) is 13.2 Å². The fraction of sp³-hybridized carbons (Fsp3) is 0.250. The van der Waals surface area contributed by atoms with Gasteiger partial charge in [0.2, 0.25) is 10.0 Å². The third-order valence-corrected chi connectivity index (χ3v) is 4.01. The number of halogens is 4. The smallest absolute Gasteiger partial charge is 0.209 e. The van der Waals surface area contributed by atoms with Gasteiger partial charge in [-0.25, -0.2) is 26.3 Å². The first kappa shape index (κ1) is 13.5. The standard InChI is InChI=1S/C8H7BrF3NO2S/c9-6-3-5(10)1-2-7(6)16(14,15)13-4-8(11)12/h1-3,8,13H,4H2. The predicted molar refractivity (Wildman–Crippen MR) is 55.3 cm³/mol. The lowest BCUT2D eigenvalue weighted by Crippen LogP contribution is -2.28. The fourth-order valence-corrected chi connectivity index (χ4v) is 3.00. The van der Waals surface area contributed by atoms with Gasteiger partial charge in [0.1, 0.15) is 5.82 Å². The number of alkyl halides is 2. The van der Waals surface area contributed by atoms with E-state index in [4.69, 9.17) is 0 Å². The number of benzene rings is 1. The van der Waals surface area contributed by atoms with Crippen LogP contribution in [0.25, 0.3) is 0 Å². The molecule has 0 atom stereocenters. The number of hydrogen-bond acceptors (Lipinski definition) is 2. The molecule has 0 spiro atoms. The molecule has 1 aromatic carbocycles. The first-order chi connectivity index (χ1) is 7.33. The third kappa shape index (κ3) is 3.46. The summed E-state index contributed by atoms with van der Waals surface area (Å²) in [5, 5.41) is 0. The summed E-state index contributed by atoms with van der Waals surface area (Å²) in [6.45, 7) is -0.980. The van der Waals surface area contributed by atoms with E-state index in [0.717, 1.165) is 18.2 Å². The summed E-state index contributed by atoms with van der Waals surface area (Å²) >= 11 is 2.84. The molecule has 0 saturated heterocycles. The highest BCUT2D eigenvalue weighted by atomic mass is 79.9. The number of sulfonamides is 1. The molecule has 0 fully saturated rings. The maximum Gasteiger partial charge on any atom is 0.251 e. The van der Waals surface area contributed by atoms with Crippen LogP contribution in [0.3, 0.4) is 0 Å². The van der Waals surface area contributed by atoms with Crippen molar-refractivity contribution in [2.75, 3.05) is 6.54 Å². The lowest BCUT2D eigenvalue weighted by molar-refractivity contribution is 0.153. The SMILES string of the molecule is O=S(=O)(NCC(F)F)c1ccc(F)cc1Br. The van der Waals surface area contributed by atoms with Crippen molar-refractivity contribution in [3.05, 3.63) is 28.5 Å². The fourth-order valence-electron chi connectivity index (χ4n) is 0.944. The van der Waals surface area contributed by atoms with Crippen molar-refractivity contribution in [3.63, 3.8) is 0 Å². The van der Waals surface area contributed by atoms with Crippen LogP contribution in [0, 0.1) is 5.82 Å². The average molecular weight is 318 g/mol. The van der Waals surface area contributed by atoms with Crippen LogP contribution in [-0.2, 0) is 10.0 Å². The van der Waals surface area contributed by atoms with E-state index in [2.05, 4.69) is 15.9 Å². The van der Waals surface area contributed by atoms with Gasteiger partial charge in [0.15, 0.2) is 0 Å². The van der Waals surface area contributed by atoms with Crippen molar-refractivity contribution >= 4 is 26.0 Å². The molecule has 0 heterocycles. The molecule has 0 unspecified atom stereocenters. The molecule has 0 radical (unpaired) electrons. The molecule has 16 heavy (non-hydrogen) atoms. The Morgan fingerprint density at radius 1 is 1.38 bits per heavy atom.